The molecule has 2 N–H and O–H groups in total. The Balaban J connectivity index is 2.33. The van der Waals surface area contributed by atoms with Crippen LogP contribution >= 0.6 is 0 Å². The fourth-order valence-corrected chi connectivity index (χ4v) is 1.58. The van der Waals surface area contributed by atoms with E-state index in [0.717, 1.165) is 0 Å². The Labute approximate surface area is 99.6 Å². The molecule has 18 heavy (non-hydrogen) atoms. The molecule has 0 saturated carbocycles. The van der Waals surface area contributed by atoms with Crippen LogP contribution in [0.2, 0.25) is 0 Å². The maximum atomic E-state index is 11.6. The number of nitrogens with one attached hydrogen (secondary N) is 2. The molecule has 0 aliphatic carbocycles. The maximum Gasteiger partial charge on any atom is 0.289 e. The van der Waals surface area contributed by atoms with E-state index >= 15 is 0 Å². The van der Waals surface area contributed by atoms with Gasteiger partial charge in [-0.2, -0.15) is 0 Å². The van der Waals surface area contributed by atoms with Gasteiger partial charge in [0.2, 0.25) is 0 Å². The van der Waals surface area contributed by atoms with Gasteiger partial charge >= 0.3 is 0 Å². The highest BCUT2D eigenvalue weighted by Gasteiger charge is 2.08. The van der Waals surface area contributed by atoms with Crippen LogP contribution in [0.5, 0.6) is 0 Å². The number of hydrogen-bond acceptors (Lipinski definition) is 5. The van der Waals surface area contributed by atoms with Gasteiger partial charge in [0.05, 0.1) is 5.39 Å². The molecule has 3 rings (SSSR count). The first-order valence-corrected chi connectivity index (χ1v) is 5.15. The van der Waals surface area contributed by atoms with Crippen molar-refractivity contribution in [1.82, 2.24) is 25.1 Å². The van der Waals surface area contributed by atoms with E-state index in [1.54, 1.807) is 24.4 Å². The number of aromatic amines is 2. The van der Waals surface area contributed by atoms with Gasteiger partial charge in [0.1, 0.15) is 11.2 Å². The predicted molar refractivity (Wildman–Crippen MR) is 64.0 cm³/mol. The summed E-state index contributed by atoms with van der Waals surface area (Å²) in [6, 6.07) is 5.28. The summed E-state index contributed by atoms with van der Waals surface area (Å²) in [6.07, 6.45) is 2.92. The van der Waals surface area contributed by atoms with Crippen molar-refractivity contribution in [3.05, 3.63) is 51.3 Å². The van der Waals surface area contributed by atoms with E-state index in [2.05, 4.69) is 25.1 Å². The van der Waals surface area contributed by atoms with Crippen molar-refractivity contribution in [2.75, 3.05) is 0 Å². The Kier molecular flexibility index (Phi) is 2.23. The third-order valence-corrected chi connectivity index (χ3v) is 2.43. The van der Waals surface area contributed by atoms with Gasteiger partial charge in [0.25, 0.3) is 11.1 Å². The lowest BCUT2D eigenvalue weighted by Gasteiger charge is -1.99. The first-order chi connectivity index (χ1) is 8.75. The van der Waals surface area contributed by atoms with Gasteiger partial charge in [-0.15, -0.1) is 0 Å². The van der Waals surface area contributed by atoms with Crippen LogP contribution < -0.4 is 11.1 Å². The third kappa shape index (κ3) is 1.58. The van der Waals surface area contributed by atoms with Crippen molar-refractivity contribution < 1.29 is 0 Å². The summed E-state index contributed by atoms with van der Waals surface area (Å²) in [4.78, 5) is 35.2. The van der Waals surface area contributed by atoms with Gasteiger partial charge in [-0.25, -0.2) is 9.97 Å². The summed E-state index contributed by atoms with van der Waals surface area (Å²) in [5.41, 5.74) is -0.310. The van der Waals surface area contributed by atoms with Crippen LogP contribution in [-0.2, 0) is 0 Å². The van der Waals surface area contributed by atoms with Gasteiger partial charge in [0, 0.05) is 12.4 Å². The Morgan fingerprint density at radius 1 is 1.00 bits per heavy atom. The number of rotatable bonds is 1. The van der Waals surface area contributed by atoms with Gasteiger partial charge < -0.3 is 0 Å². The van der Waals surface area contributed by atoms with E-state index in [4.69, 9.17) is 0 Å². The van der Waals surface area contributed by atoms with E-state index < -0.39 is 11.1 Å². The number of nitrogens with zero attached hydrogens (tertiary/aromatic N) is 3. The molecule has 3 aromatic rings. The number of aromatic nitrogens is 5. The Hall–Kier alpha value is -2.83. The number of pyridine rings is 1. The molecule has 0 fully saturated rings. The van der Waals surface area contributed by atoms with Crippen molar-refractivity contribution in [3.8, 4) is 11.5 Å². The molecule has 0 spiro atoms. The molecular weight excluding hydrogens is 234 g/mol. The maximum absolute atomic E-state index is 11.6. The first-order valence-electron chi connectivity index (χ1n) is 5.15. The first kappa shape index (κ1) is 10.3. The molecule has 0 aromatic carbocycles. The van der Waals surface area contributed by atoms with Gasteiger partial charge in [-0.3, -0.25) is 24.8 Å². The summed E-state index contributed by atoms with van der Waals surface area (Å²) >= 11 is 0. The predicted octanol–water partition coefficient (Wildman–Crippen LogP) is 0.0684. The minimum Gasteiger partial charge on any atom is -0.267 e. The lowest BCUT2D eigenvalue weighted by atomic mass is 10.3. The van der Waals surface area contributed by atoms with Gasteiger partial charge in [0.15, 0.2) is 5.82 Å². The molecule has 7 nitrogen and oxygen atoms in total. The van der Waals surface area contributed by atoms with Crippen LogP contribution in [0.4, 0.5) is 0 Å². The second kappa shape index (κ2) is 3.88. The number of fused-ring (bicyclic) bond motifs is 1. The van der Waals surface area contributed by atoms with Gasteiger partial charge in [-0.1, -0.05) is 6.07 Å². The van der Waals surface area contributed by atoms with Crippen molar-refractivity contribution in [3.63, 3.8) is 0 Å². The molecule has 7 heteroatoms. The van der Waals surface area contributed by atoms with Crippen molar-refractivity contribution >= 4 is 10.9 Å². The van der Waals surface area contributed by atoms with E-state index in [9.17, 15) is 9.59 Å². The van der Waals surface area contributed by atoms with Crippen LogP contribution in [0.1, 0.15) is 0 Å². The van der Waals surface area contributed by atoms with Crippen LogP contribution in [0, 0.1) is 0 Å². The summed E-state index contributed by atoms with van der Waals surface area (Å²) in [5.74, 6) is 0.305. The smallest absolute Gasteiger partial charge is 0.267 e. The molecule has 0 bridgehead atoms. The molecule has 0 saturated heterocycles. The Bertz CT molecular complexity index is 822. The molecule has 0 atom stereocenters. The average molecular weight is 241 g/mol. The second-order valence-corrected chi connectivity index (χ2v) is 3.58. The van der Waals surface area contributed by atoms with Crippen LogP contribution in [-0.4, -0.2) is 25.1 Å². The van der Waals surface area contributed by atoms with Crippen molar-refractivity contribution in [1.29, 1.82) is 0 Å². The highest BCUT2D eigenvalue weighted by atomic mass is 16.1. The van der Waals surface area contributed by atoms with Crippen LogP contribution in [0.15, 0.2) is 40.2 Å². The van der Waals surface area contributed by atoms with Crippen molar-refractivity contribution in [2.45, 2.75) is 0 Å². The van der Waals surface area contributed by atoms with E-state index in [1.165, 1.54) is 6.20 Å². The van der Waals surface area contributed by atoms with Crippen LogP contribution in [0.3, 0.4) is 0 Å². The molecule has 0 amide bonds. The zero-order valence-electron chi connectivity index (χ0n) is 9.04. The molecule has 0 aliphatic heterocycles. The average Bonchev–Trinajstić information content (AvgIpc) is 2.44. The monoisotopic (exact) mass is 241 g/mol. The Morgan fingerprint density at radius 2 is 1.83 bits per heavy atom. The topological polar surface area (TPSA) is 104 Å². The summed E-state index contributed by atoms with van der Waals surface area (Å²) in [5, 5.41) is 4.58. The molecule has 3 heterocycles. The normalized spacial score (nSPS) is 10.7. The fraction of sp³-hybridized carbons (Fsp3) is 0. The number of H-pyrrole nitrogens is 2. The minimum absolute atomic E-state index is 0.0504. The largest absolute Gasteiger partial charge is 0.289 e. The molecule has 0 unspecified atom stereocenters. The highest BCUT2D eigenvalue weighted by molar-refractivity contribution is 5.76. The van der Waals surface area contributed by atoms with Crippen molar-refractivity contribution in [2.24, 2.45) is 0 Å². The second-order valence-electron chi connectivity index (χ2n) is 3.58. The van der Waals surface area contributed by atoms with Crippen LogP contribution in [0.25, 0.3) is 22.4 Å². The molecule has 3 aromatic heterocycles. The third-order valence-electron chi connectivity index (χ3n) is 2.43. The minimum atomic E-state index is -0.468. The quantitative estimate of drug-likeness (QED) is 0.627. The summed E-state index contributed by atoms with van der Waals surface area (Å²) in [7, 11) is 0. The lowest BCUT2D eigenvalue weighted by Crippen LogP contribution is -2.20. The molecular formula is C11H7N5O2. The molecule has 88 valence electrons. The van der Waals surface area contributed by atoms with E-state index in [-0.39, 0.29) is 10.9 Å². The Morgan fingerprint density at radius 3 is 2.61 bits per heavy atom. The van der Waals surface area contributed by atoms with E-state index in [1.807, 2.05) is 0 Å². The molecule has 0 aliphatic rings. The highest BCUT2D eigenvalue weighted by Crippen LogP contribution is 2.11. The molecule has 0 radical (unpaired) electrons. The summed E-state index contributed by atoms with van der Waals surface area (Å²) in [6.45, 7) is 0. The SMILES string of the molecule is O=c1[nH][nH]c(=O)c2nc(-c3ccccn3)ncc12. The lowest BCUT2D eigenvalue weighted by molar-refractivity contribution is 0.965. The zero-order chi connectivity index (χ0) is 12.5. The standard InChI is InChI=1S/C11H7N5O2/c17-10-6-5-13-9(7-3-1-2-4-12-7)14-8(6)11(18)16-15-10/h1-5H,(H,15,17)(H,16,18). The zero-order valence-corrected chi connectivity index (χ0v) is 9.04. The van der Waals surface area contributed by atoms with Gasteiger partial charge in [-0.05, 0) is 12.1 Å². The fourth-order valence-electron chi connectivity index (χ4n) is 1.58. The van der Waals surface area contributed by atoms with E-state index in [0.29, 0.717) is 11.5 Å². The number of hydrogen-bond donors (Lipinski definition) is 2. The summed E-state index contributed by atoms with van der Waals surface area (Å²) < 4.78 is 0.